The van der Waals surface area contributed by atoms with Gasteiger partial charge < -0.3 is 15.2 Å². The normalized spacial score (nSPS) is 12.2. The summed E-state index contributed by atoms with van der Waals surface area (Å²) in [6.07, 6.45) is -0.793. The van der Waals surface area contributed by atoms with E-state index in [9.17, 15) is 20.0 Å². The maximum absolute atomic E-state index is 11.7. The molecule has 1 rings (SSSR count). The third-order valence-electron chi connectivity index (χ3n) is 2.71. The van der Waals surface area contributed by atoms with Gasteiger partial charge in [0.05, 0.1) is 17.6 Å². The summed E-state index contributed by atoms with van der Waals surface area (Å²) in [5, 5.41) is 26.7. The van der Waals surface area contributed by atoms with Crippen LogP contribution in [0, 0.1) is 24.0 Å². The summed E-state index contributed by atoms with van der Waals surface area (Å²) in [4.78, 5) is 22.0. The Morgan fingerprint density at radius 2 is 2.25 bits per heavy atom. The molecule has 20 heavy (non-hydrogen) atoms. The number of hydrogen-bond acceptors (Lipinski definition) is 6. The van der Waals surface area contributed by atoms with Crippen LogP contribution in [0.3, 0.4) is 0 Å². The molecule has 1 heterocycles. The van der Waals surface area contributed by atoms with Crippen LogP contribution in [-0.2, 0) is 16.1 Å². The highest BCUT2D eigenvalue weighted by atomic mass is 16.6. The standard InChI is InChI=1S/C11H18N4O5/c1-7-11(15(18)19)8(2)14(13-7)5-10(17)12-4-9(16)6-20-3/h9,16H,4-6H2,1-3H3,(H,12,17). The third-order valence-corrected chi connectivity index (χ3v) is 2.71. The number of ether oxygens (including phenoxy) is 1. The average Bonchev–Trinajstić information content (AvgIpc) is 2.62. The minimum Gasteiger partial charge on any atom is -0.389 e. The van der Waals surface area contributed by atoms with Crippen molar-refractivity contribution in [3.63, 3.8) is 0 Å². The van der Waals surface area contributed by atoms with Crippen LogP contribution >= 0.6 is 0 Å². The molecule has 1 atom stereocenters. The molecule has 1 aromatic heterocycles. The number of nitrogens with zero attached hydrogens (tertiary/aromatic N) is 3. The minimum atomic E-state index is -0.793. The fourth-order valence-corrected chi connectivity index (χ4v) is 1.78. The van der Waals surface area contributed by atoms with Crippen molar-refractivity contribution in [2.24, 2.45) is 0 Å². The van der Waals surface area contributed by atoms with Crippen molar-refractivity contribution in [2.45, 2.75) is 26.5 Å². The van der Waals surface area contributed by atoms with Gasteiger partial charge in [0.25, 0.3) is 0 Å². The number of carbonyl (C=O) groups excluding carboxylic acids is 1. The number of aliphatic hydroxyl groups excluding tert-OH is 1. The Labute approximate surface area is 115 Å². The van der Waals surface area contributed by atoms with Crippen molar-refractivity contribution in [2.75, 3.05) is 20.3 Å². The highest BCUT2D eigenvalue weighted by Gasteiger charge is 2.22. The summed E-state index contributed by atoms with van der Waals surface area (Å²) in [5.74, 6) is -0.388. The van der Waals surface area contributed by atoms with Gasteiger partial charge in [-0.15, -0.1) is 0 Å². The molecule has 1 amide bonds. The van der Waals surface area contributed by atoms with Crippen molar-refractivity contribution in [1.29, 1.82) is 0 Å². The Kier molecular flexibility index (Phi) is 5.59. The minimum absolute atomic E-state index is 0.0497. The summed E-state index contributed by atoms with van der Waals surface area (Å²) >= 11 is 0. The van der Waals surface area contributed by atoms with Crippen molar-refractivity contribution >= 4 is 11.6 Å². The maximum Gasteiger partial charge on any atom is 0.312 e. The predicted molar refractivity (Wildman–Crippen MR) is 69.2 cm³/mol. The zero-order valence-electron chi connectivity index (χ0n) is 11.6. The number of methoxy groups -OCH3 is 1. The van der Waals surface area contributed by atoms with E-state index in [0.29, 0.717) is 5.69 Å². The van der Waals surface area contributed by atoms with Crippen LogP contribution in [0.15, 0.2) is 0 Å². The van der Waals surface area contributed by atoms with Crippen LogP contribution in [0.1, 0.15) is 11.4 Å². The summed E-state index contributed by atoms with van der Waals surface area (Å²) < 4.78 is 5.99. The molecule has 0 aliphatic rings. The van der Waals surface area contributed by atoms with Crippen molar-refractivity contribution in [3.05, 3.63) is 21.5 Å². The molecule has 0 radical (unpaired) electrons. The fraction of sp³-hybridized carbons (Fsp3) is 0.636. The first-order chi connectivity index (χ1) is 9.36. The highest BCUT2D eigenvalue weighted by Crippen LogP contribution is 2.21. The van der Waals surface area contributed by atoms with Gasteiger partial charge in [-0.2, -0.15) is 5.10 Å². The molecule has 0 aliphatic heterocycles. The van der Waals surface area contributed by atoms with Crippen LogP contribution in [0.25, 0.3) is 0 Å². The molecule has 2 N–H and O–H groups in total. The van der Waals surface area contributed by atoms with E-state index in [1.54, 1.807) is 0 Å². The summed E-state index contributed by atoms with van der Waals surface area (Å²) in [6, 6.07) is 0. The van der Waals surface area contributed by atoms with Crippen molar-refractivity contribution < 1.29 is 19.6 Å². The highest BCUT2D eigenvalue weighted by molar-refractivity contribution is 5.75. The number of amides is 1. The molecule has 0 aromatic carbocycles. The molecule has 0 aliphatic carbocycles. The van der Waals surface area contributed by atoms with Crippen LogP contribution in [0.4, 0.5) is 5.69 Å². The van der Waals surface area contributed by atoms with Gasteiger partial charge in [0, 0.05) is 13.7 Å². The molecule has 1 unspecified atom stereocenters. The number of hydrogen-bond donors (Lipinski definition) is 2. The Bertz CT molecular complexity index is 499. The van der Waals surface area contributed by atoms with E-state index in [2.05, 4.69) is 10.4 Å². The molecule has 1 aromatic rings. The predicted octanol–water partition coefficient (Wildman–Crippen LogP) is -0.468. The second-order valence-electron chi connectivity index (χ2n) is 4.35. The first-order valence-electron chi connectivity index (χ1n) is 5.99. The first kappa shape index (κ1) is 16.1. The lowest BCUT2D eigenvalue weighted by Gasteiger charge is -2.11. The summed E-state index contributed by atoms with van der Waals surface area (Å²) in [7, 11) is 1.44. The van der Waals surface area contributed by atoms with Crippen LogP contribution in [-0.4, -0.2) is 52.1 Å². The Morgan fingerprint density at radius 3 is 2.75 bits per heavy atom. The van der Waals surface area contributed by atoms with E-state index >= 15 is 0 Å². The molecule has 9 heteroatoms. The molecule has 112 valence electrons. The van der Waals surface area contributed by atoms with Crippen LogP contribution < -0.4 is 5.32 Å². The average molecular weight is 286 g/mol. The monoisotopic (exact) mass is 286 g/mol. The molecule has 9 nitrogen and oxygen atoms in total. The zero-order chi connectivity index (χ0) is 15.3. The topological polar surface area (TPSA) is 120 Å². The number of carbonyl (C=O) groups is 1. The lowest BCUT2D eigenvalue weighted by Crippen LogP contribution is -2.36. The third kappa shape index (κ3) is 4.00. The molecule has 0 saturated carbocycles. The number of rotatable bonds is 7. The van der Waals surface area contributed by atoms with Gasteiger partial charge >= 0.3 is 5.69 Å². The second kappa shape index (κ2) is 6.96. The van der Waals surface area contributed by atoms with E-state index in [1.165, 1.54) is 25.6 Å². The number of nitro groups is 1. The lowest BCUT2D eigenvalue weighted by atomic mass is 10.3. The Balaban J connectivity index is 2.63. The van der Waals surface area contributed by atoms with E-state index < -0.39 is 11.0 Å². The van der Waals surface area contributed by atoms with Gasteiger partial charge in [-0.25, -0.2) is 0 Å². The van der Waals surface area contributed by atoms with Crippen LogP contribution in [0.2, 0.25) is 0 Å². The molecule has 0 spiro atoms. The summed E-state index contributed by atoms with van der Waals surface area (Å²) in [6.45, 7) is 3.08. The SMILES string of the molecule is COCC(O)CNC(=O)Cn1nc(C)c([N+](=O)[O-])c1C. The number of aryl methyl sites for hydroxylation is 1. The molecular formula is C11H18N4O5. The van der Waals surface area contributed by atoms with E-state index in [4.69, 9.17) is 4.74 Å². The molecular weight excluding hydrogens is 268 g/mol. The van der Waals surface area contributed by atoms with E-state index in [-0.39, 0.29) is 37.0 Å². The Morgan fingerprint density at radius 1 is 1.60 bits per heavy atom. The number of aromatic nitrogens is 2. The molecule has 0 saturated heterocycles. The number of aliphatic hydroxyl groups is 1. The zero-order valence-corrected chi connectivity index (χ0v) is 11.6. The number of nitrogens with one attached hydrogen (secondary N) is 1. The van der Waals surface area contributed by atoms with Gasteiger partial charge in [0.15, 0.2) is 0 Å². The van der Waals surface area contributed by atoms with E-state index in [1.807, 2.05) is 0 Å². The Hall–Kier alpha value is -2.00. The first-order valence-corrected chi connectivity index (χ1v) is 5.99. The second-order valence-corrected chi connectivity index (χ2v) is 4.35. The van der Waals surface area contributed by atoms with Gasteiger partial charge in [-0.05, 0) is 13.8 Å². The quantitative estimate of drug-likeness (QED) is 0.516. The van der Waals surface area contributed by atoms with E-state index in [0.717, 1.165) is 0 Å². The fourth-order valence-electron chi connectivity index (χ4n) is 1.78. The van der Waals surface area contributed by atoms with Crippen molar-refractivity contribution in [1.82, 2.24) is 15.1 Å². The maximum atomic E-state index is 11.7. The van der Waals surface area contributed by atoms with Gasteiger partial charge in [-0.3, -0.25) is 19.6 Å². The largest absolute Gasteiger partial charge is 0.389 e. The van der Waals surface area contributed by atoms with Crippen LogP contribution in [0.5, 0.6) is 0 Å². The van der Waals surface area contributed by atoms with Gasteiger partial charge in [-0.1, -0.05) is 0 Å². The van der Waals surface area contributed by atoms with Crippen molar-refractivity contribution in [3.8, 4) is 0 Å². The smallest absolute Gasteiger partial charge is 0.312 e. The summed E-state index contributed by atoms with van der Waals surface area (Å²) in [5.41, 5.74) is 0.497. The molecule has 0 fully saturated rings. The lowest BCUT2D eigenvalue weighted by molar-refractivity contribution is -0.386. The molecule has 0 bridgehead atoms. The van der Waals surface area contributed by atoms with Gasteiger partial charge in [0.1, 0.15) is 17.9 Å². The van der Waals surface area contributed by atoms with Gasteiger partial charge in [0.2, 0.25) is 5.91 Å².